The number of halogens is 2. The van der Waals surface area contributed by atoms with Gasteiger partial charge in [-0.25, -0.2) is 13.6 Å². The number of nitrogens with zero attached hydrogens (tertiary/aromatic N) is 2. The minimum Gasteiger partial charge on any atom is -0.454 e. The molecule has 0 unspecified atom stereocenters. The summed E-state index contributed by atoms with van der Waals surface area (Å²) in [5.74, 6) is 0.0496. The number of carbonyl (C=O) groups excluding carboxylic acids is 1. The molecule has 2 aromatic rings. The van der Waals surface area contributed by atoms with Gasteiger partial charge in [-0.2, -0.15) is 0 Å². The highest BCUT2D eigenvalue weighted by molar-refractivity contribution is 5.90. The van der Waals surface area contributed by atoms with E-state index in [9.17, 15) is 13.6 Å². The molecule has 2 aromatic carbocycles. The Labute approximate surface area is 148 Å². The monoisotopic (exact) mass is 361 g/mol. The Morgan fingerprint density at radius 2 is 1.73 bits per heavy atom. The molecule has 2 aliphatic heterocycles. The van der Waals surface area contributed by atoms with Gasteiger partial charge in [-0.1, -0.05) is 0 Å². The van der Waals surface area contributed by atoms with Gasteiger partial charge in [0.15, 0.2) is 11.5 Å². The number of carbonyl (C=O) groups is 1. The van der Waals surface area contributed by atoms with Crippen molar-refractivity contribution in [2.24, 2.45) is 0 Å². The Morgan fingerprint density at radius 3 is 2.50 bits per heavy atom. The highest BCUT2D eigenvalue weighted by atomic mass is 19.1. The predicted octanol–water partition coefficient (Wildman–Crippen LogP) is 3.05. The molecular weight excluding hydrogens is 344 g/mol. The largest absolute Gasteiger partial charge is 0.454 e. The first kappa shape index (κ1) is 16.4. The van der Waals surface area contributed by atoms with E-state index in [0.717, 1.165) is 6.07 Å². The van der Waals surface area contributed by atoms with Crippen LogP contribution in [0.2, 0.25) is 0 Å². The Hall–Kier alpha value is -3.03. The minimum atomic E-state index is -0.604. The second-order valence-corrected chi connectivity index (χ2v) is 6.07. The average molecular weight is 361 g/mol. The molecule has 26 heavy (non-hydrogen) atoms. The molecule has 2 amide bonds. The lowest BCUT2D eigenvalue weighted by atomic mass is 10.2. The fraction of sp³-hybridized carbons (Fsp3) is 0.278. The van der Waals surface area contributed by atoms with E-state index in [0.29, 0.717) is 49.1 Å². The lowest BCUT2D eigenvalue weighted by Crippen LogP contribution is -2.50. The van der Waals surface area contributed by atoms with Crippen LogP contribution in [0.4, 0.5) is 25.0 Å². The lowest BCUT2D eigenvalue weighted by Gasteiger charge is -2.36. The van der Waals surface area contributed by atoms with Crippen LogP contribution in [0.1, 0.15) is 0 Å². The van der Waals surface area contributed by atoms with Crippen molar-refractivity contribution in [2.75, 3.05) is 43.2 Å². The van der Waals surface area contributed by atoms with Crippen molar-refractivity contribution in [1.82, 2.24) is 4.90 Å². The number of urea groups is 1. The summed E-state index contributed by atoms with van der Waals surface area (Å²) in [4.78, 5) is 15.9. The fourth-order valence-corrected chi connectivity index (χ4v) is 3.06. The first-order valence-corrected chi connectivity index (χ1v) is 8.26. The number of rotatable bonds is 2. The van der Waals surface area contributed by atoms with Gasteiger partial charge >= 0.3 is 6.03 Å². The number of hydrogen-bond donors (Lipinski definition) is 1. The molecule has 0 atom stereocenters. The van der Waals surface area contributed by atoms with Crippen LogP contribution in [0.15, 0.2) is 36.4 Å². The van der Waals surface area contributed by atoms with Crippen LogP contribution in [-0.4, -0.2) is 43.9 Å². The summed E-state index contributed by atoms with van der Waals surface area (Å²) in [5, 5.41) is 2.82. The summed E-state index contributed by atoms with van der Waals surface area (Å²) in [6.07, 6.45) is 0. The van der Waals surface area contributed by atoms with Gasteiger partial charge in [-0.15, -0.1) is 0 Å². The number of anilines is 2. The first-order valence-electron chi connectivity index (χ1n) is 8.26. The summed E-state index contributed by atoms with van der Waals surface area (Å²) in [7, 11) is 0. The highest BCUT2D eigenvalue weighted by Crippen LogP contribution is 2.34. The summed E-state index contributed by atoms with van der Waals surface area (Å²) in [6, 6.07) is 8.49. The molecular formula is C18H17F2N3O3. The maximum Gasteiger partial charge on any atom is 0.321 e. The Morgan fingerprint density at radius 1 is 0.962 bits per heavy atom. The Kier molecular flexibility index (Phi) is 4.24. The SMILES string of the molecule is O=C(Nc1ccc2c(c1)OCO2)N1CCN(c2ccc(F)cc2F)CC1. The molecule has 2 aliphatic rings. The second-order valence-electron chi connectivity index (χ2n) is 6.07. The van der Waals surface area contributed by atoms with Crippen LogP contribution in [-0.2, 0) is 0 Å². The highest BCUT2D eigenvalue weighted by Gasteiger charge is 2.23. The number of piperazine rings is 1. The van der Waals surface area contributed by atoms with Gasteiger partial charge in [0, 0.05) is 44.0 Å². The first-order chi connectivity index (χ1) is 12.6. The minimum absolute atomic E-state index is 0.175. The molecule has 0 spiro atoms. The van der Waals surface area contributed by atoms with E-state index >= 15 is 0 Å². The summed E-state index contributed by atoms with van der Waals surface area (Å²) < 4.78 is 37.5. The normalized spacial score (nSPS) is 15.9. The van der Waals surface area contributed by atoms with Gasteiger partial charge in [-0.05, 0) is 24.3 Å². The molecule has 0 aliphatic carbocycles. The quantitative estimate of drug-likeness (QED) is 0.893. The van der Waals surface area contributed by atoms with E-state index in [1.54, 1.807) is 28.0 Å². The van der Waals surface area contributed by atoms with Crippen LogP contribution in [0.25, 0.3) is 0 Å². The number of amides is 2. The summed E-state index contributed by atoms with van der Waals surface area (Å²) in [6.45, 7) is 1.99. The molecule has 136 valence electrons. The topological polar surface area (TPSA) is 54.0 Å². The standard InChI is InChI=1S/C18H17F2N3O3/c19-12-1-3-15(14(20)9-12)22-5-7-23(8-6-22)18(24)21-13-2-4-16-17(10-13)26-11-25-16/h1-4,9-10H,5-8,11H2,(H,21,24). The van der Waals surface area contributed by atoms with Crippen molar-refractivity contribution in [1.29, 1.82) is 0 Å². The van der Waals surface area contributed by atoms with Crippen molar-refractivity contribution < 1.29 is 23.0 Å². The molecule has 8 heteroatoms. The maximum atomic E-state index is 13.9. The van der Waals surface area contributed by atoms with Crippen molar-refractivity contribution >= 4 is 17.4 Å². The van der Waals surface area contributed by atoms with Gasteiger partial charge in [0.05, 0.1) is 5.69 Å². The molecule has 0 aromatic heterocycles. The number of fused-ring (bicyclic) bond motifs is 1. The van der Waals surface area contributed by atoms with E-state index in [-0.39, 0.29) is 12.8 Å². The summed E-state index contributed by atoms with van der Waals surface area (Å²) >= 11 is 0. The number of benzene rings is 2. The lowest BCUT2D eigenvalue weighted by molar-refractivity contribution is 0.174. The van der Waals surface area contributed by atoms with E-state index in [1.165, 1.54) is 12.1 Å². The van der Waals surface area contributed by atoms with E-state index in [2.05, 4.69) is 5.32 Å². The number of hydrogen-bond acceptors (Lipinski definition) is 4. The molecule has 1 saturated heterocycles. The van der Waals surface area contributed by atoms with E-state index in [1.807, 2.05) is 0 Å². The van der Waals surface area contributed by atoms with Gasteiger partial charge in [0.2, 0.25) is 6.79 Å². The number of nitrogens with one attached hydrogen (secondary N) is 1. The molecule has 4 rings (SSSR count). The predicted molar refractivity (Wildman–Crippen MR) is 91.7 cm³/mol. The Bertz CT molecular complexity index is 838. The summed E-state index contributed by atoms with van der Waals surface area (Å²) in [5.41, 5.74) is 0.966. The average Bonchev–Trinajstić information content (AvgIpc) is 3.10. The molecule has 2 heterocycles. The molecule has 0 radical (unpaired) electrons. The van der Waals surface area contributed by atoms with Crippen molar-refractivity contribution in [3.8, 4) is 11.5 Å². The van der Waals surface area contributed by atoms with Crippen molar-refractivity contribution in [3.63, 3.8) is 0 Å². The van der Waals surface area contributed by atoms with E-state index in [4.69, 9.17) is 9.47 Å². The van der Waals surface area contributed by atoms with Crippen molar-refractivity contribution in [3.05, 3.63) is 48.0 Å². The molecule has 1 fully saturated rings. The van der Waals surface area contributed by atoms with E-state index < -0.39 is 11.6 Å². The smallest absolute Gasteiger partial charge is 0.321 e. The molecule has 6 nitrogen and oxygen atoms in total. The molecule has 0 saturated carbocycles. The zero-order valence-corrected chi connectivity index (χ0v) is 13.9. The third-order valence-corrected chi connectivity index (χ3v) is 4.44. The zero-order chi connectivity index (χ0) is 18.1. The van der Waals surface area contributed by atoms with Crippen LogP contribution in [0.3, 0.4) is 0 Å². The number of ether oxygens (including phenoxy) is 2. The van der Waals surface area contributed by atoms with Crippen LogP contribution in [0.5, 0.6) is 11.5 Å². The van der Waals surface area contributed by atoms with Crippen molar-refractivity contribution in [2.45, 2.75) is 0 Å². The fourth-order valence-electron chi connectivity index (χ4n) is 3.06. The van der Waals surface area contributed by atoms with Gasteiger partial charge in [0.1, 0.15) is 11.6 Å². The van der Waals surface area contributed by atoms with Gasteiger partial charge in [-0.3, -0.25) is 0 Å². The molecule has 0 bridgehead atoms. The van der Waals surface area contributed by atoms with Crippen LogP contribution >= 0.6 is 0 Å². The molecule has 1 N–H and O–H groups in total. The van der Waals surface area contributed by atoms with Gasteiger partial charge < -0.3 is 24.6 Å². The maximum absolute atomic E-state index is 13.9. The zero-order valence-electron chi connectivity index (χ0n) is 13.9. The Balaban J connectivity index is 1.36. The second kappa shape index (κ2) is 6.70. The third kappa shape index (κ3) is 3.22. The van der Waals surface area contributed by atoms with Crippen LogP contribution < -0.4 is 19.7 Å². The third-order valence-electron chi connectivity index (χ3n) is 4.44. The van der Waals surface area contributed by atoms with Gasteiger partial charge in [0.25, 0.3) is 0 Å². The van der Waals surface area contributed by atoms with Crippen LogP contribution in [0, 0.1) is 11.6 Å².